The quantitative estimate of drug-likeness (QED) is 0.706. The Balaban J connectivity index is 2.95. The first kappa shape index (κ1) is 16.5. The van der Waals surface area contributed by atoms with Crippen LogP contribution in [0.2, 0.25) is 0 Å². The fraction of sp³-hybridized carbons (Fsp3) is 0.462. The molecule has 1 atom stereocenters. The molecule has 1 aromatic carbocycles. The lowest BCUT2D eigenvalue weighted by Gasteiger charge is -2.15. The smallest absolute Gasteiger partial charge is 0.241 e. The van der Waals surface area contributed by atoms with Crippen LogP contribution in [0.25, 0.3) is 0 Å². The molecule has 0 aliphatic carbocycles. The van der Waals surface area contributed by atoms with Crippen molar-refractivity contribution in [1.29, 1.82) is 0 Å². The molecule has 0 unspecified atom stereocenters. The van der Waals surface area contributed by atoms with E-state index in [1.54, 1.807) is 0 Å². The number of hydrogen-bond acceptors (Lipinski definition) is 5. The molecule has 0 aromatic heterocycles. The molecular formula is C13H20N2O4S. The highest BCUT2D eigenvalue weighted by atomic mass is 32.2. The predicted molar refractivity (Wildman–Crippen MR) is 77.3 cm³/mol. The number of carbonyl (C=O) groups is 1. The lowest BCUT2D eigenvalue weighted by Crippen LogP contribution is -2.36. The van der Waals surface area contributed by atoms with E-state index in [0.29, 0.717) is 6.42 Å². The second-order valence-electron chi connectivity index (χ2n) is 5.18. The maximum Gasteiger partial charge on any atom is 0.241 e. The summed E-state index contributed by atoms with van der Waals surface area (Å²) in [5, 5.41) is 12.1. The number of nitrogens with one attached hydrogen (secondary N) is 1. The van der Waals surface area contributed by atoms with Gasteiger partial charge in [0.15, 0.2) is 9.84 Å². The standard InChI is InChI=1S/C13H20N2O4S/c1-8(2)6-10(14)13(17)15-11-7-9(20(3,18)19)4-5-12(11)16/h4-5,7-8,10,16H,6,14H2,1-3H3,(H,15,17)/t10-/m1/s1. The molecule has 112 valence electrons. The molecule has 0 bridgehead atoms. The van der Waals surface area contributed by atoms with Crippen LogP contribution in [0, 0.1) is 5.92 Å². The molecule has 1 rings (SSSR count). The average Bonchev–Trinajstić information content (AvgIpc) is 2.29. The molecule has 1 aromatic rings. The summed E-state index contributed by atoms with van der Waals surface area (Å²) in [5.74, 6) is -0.408. The minimum absolute atomic E-state index is 0.0167. The fourth-order valence-corrected chi connectivity index (χ4v) is 2.33. The Bertz CT molecular complexity index is 596. The summed E-state index contributed by atoms with van der Waals surface area (Å²) in [4.78, 5) is 11.9. The molecule has 6 nitrogen and oxygen atoms in total. The summed E-state index contributed by atoms with van der Waals surface area (Å²) in [6.07, 6.45) is 1.55. The molecule has 0 saturated heterocycles. The predicted octanol–water partition coefficient (Wildman–Crippen LogP) is 1.11. The van der Waals surface area contributed by atoms with Crippen LogP contribution in [0.15, 0.2) is 23.1 Å². The Hall–Kier alpha value is -1.60. The number of hydrogen-bond donors (Lipinski definition) is 3. The van der Waals surface area contributed by atoms with Gasteiger partial charge in [-0.05, 0) is 30.5 Å². The molecule has 4 N–H and O–H groups in total. The average molecular weight is 300 g/mol. The third-order valence-corrected chi connectivity index (χ3v) is 3.83. The van der Waals surface area contributed by atoms with Crippen LogP contribution in [0.1, 0.15) is 20.3 Å². The number of amides is 1. The van der Waals surface area contributed by atoms with Gasteiger partial charge < -0.3 is 16.2 Å². The van der Waals surface area contributed by atoms with Crippen LogP contribution in [0.3, 0.4) is 0 Å². The van der Waals surface area contributed by atoms with E-state index < -0.39 is 21.8 Å². The highest BCUT2D eigenvalue weighted by molar-refractivity contribution is 7.90. The van der Waals surface area contributed by atoms with Crippen molar-refractivity contribution in [3.8, 4) is 5.75 Å². The molecule has 0 spiro atoms. The number of benzene rings is 1. The van der Waals surface area contributed by atoms with Crippen molar-refractivity contribution in [3.05, 3.63) is 18.2 Å². The first-order chi connectivity index (χ1) is 9.11. The normalized spacial score (nSPS) is 13.2. The highest BCUT2D eigenvalue weighted by Crippen LogP contribution is 2.26. The van der Waals surface area contributed by atoms with Crippen molar-refractivity contribution >= 4 is 21.4 Å². The largest absolute Gasteiger partial charge is 0.506 e. The SMILES string of the molecule is CC(C)C[C@@H](N)C(=O)Nc1cc(S(C)(=O)=O)ccc1O. The maximum atomic E-state index is 11.9. The molecule has 20 heavy (non-hydrogen) atoms. The monoisotopic (exact) mass is 300 g/mol. The van der Waals surface area contributed by atoms with Gasteiger partial charge in [0, 0.05) is 6.26 Å². The van der Waals surface area contributed by atoms with Crippen molar-refractivity contribution in [2.75, 3.05) is 11.6 Å². The molecule has 0 fully saturated rings. The summed E-state index contributed by atoms with van der Waals surface area (Å²) < 4.78 is 22.9. The fourth-order valence-electron chi connectivity index (χ4n) is 1.69. The Labute approximate surface area is 118 Å². The van der Waals surface area contributed by atoms with Gasteiger partial charge in [-0.1, -0.05) is 13.8 Å². The van der Waals surface area contributed by atoms with Gasteiger partial charge >= 0.3 is 0 Å². The number of anilines is 1. The summed E-state index contributed by atoms with van der Waals surface area (Å²) in [6.45, 7) is 3.88. The second-order valence-corrected chi connectivity index (χ2v) is 7.19. The van der Waals surface area contributed by atoms with E-state index in [1.807, 2.05) is 13.8 Å². The van der Waals surface area contributed by atoms with Crippen LogP contribution < -0.4 is 11.1 Å². The van der Waals surface area contributed by atoms with E-state index in [2.05, 4.69) is 5.32 Å². The number of phenolic OH excluding ortho intramolecular Hbond substituents is 1. The molecule has 0 radical (unpaired) electrons. The van der Waals surface area contributed by atoms with Crippen molar-refractivity contribution in [2.24, 2.45) is 11.7 Å². The maximum absolute atomic E-state index is 11.9. The molecular weight excluding hydrogens is 280 g/mol. The first-order valence-electron chi connectivity index (χ1n) is 6.20. The van der Waals surface area contributed by atoms with Gasteiger partial charge in [0.2, 0.25) is 5.91 Å². The van der Waals surface area contributed by atoms with E-state index in [4.69, 9.17) is 5.73 Å². The molecule has 0 heterocycles. The molecule has 0 aliphatic heterocycles. The van der Waals surface area contributed by atoms with Crippen molar-refractivity contribution in [1.82, 2.24) is 0 Å². The van der Waals surface area contributed by atoms with Crippen LogP contribution in [0.4, 0.5) is 5.69 Å². The van der Waals surface area contributed by atoms with Gasteiger partial charge in [0.05, 0.1) is 16.6 Å². The molecule has 0 saturated carbocycles. The van der Waals surface area contributed by atoms with Gasteiger partial charge in [0.1, 0.15) is 5.75 Å². The molecule has 7 heteroatoms. The van der Waals surface area contributed by atoms with E-state index in [1.165, 1.54) is 18.2 Å². The zero-order chi connectivity index (χ0) is 15.5. The molecule has 0 aliphatic rings. The minimum Gasteiger partial charge on any atom is -0.506 e. The number of rotatable bonds is 5. The number of sulfone groups is 1. The summed E-state index contributed by atoms with van der Waals surface area (Å²) in [5.41, 5.74) is 5.77. The molecule has 1 amide bonds. The number of nitrogens with two attached hydrogens (primary N) is 1. The van der Waals surface area contributed by atoms with E-state index in [-0.39, 0.29) is 22.3 Å². The Morgan fingerprint density at radius 2 is 2.00 bits per heavy atom. The summed E-state index contributed by atoms with van der Waals surface area (Å²) >= 11 is 0. The van der Waals surface area contributed by atoms with Gasteiger partial charge in [-0.15, -0.1) is 0 Å². The van der Waals surface area contributed by atoms with Gasteiger partial charge in [0.25, 0.3) is 0 Å². The van der Waals surface area contributed by atoms with Crippen molar-refractivity contribution < 1.29 is 18.3 Å². The number of aromatic hydroxyl groups is 1. The van der Waals surface area contributed by atoms with E-state index in [9.17, 15) is 18.3 Å². The van der Waals surface area contributed by atoms with Crippen molar-refractivity contribution in [2.45, 2.75) is 31.2 Å². The second kappa shape index (κ2) is 6.23. The van der Waals surface area contributed by atoms with E-state index in [0.717, 1.165) is 6.26 Å². The van der Waals surface area contributed by atoms with Gasteiger partial charge in [-0.2, -0.15) is 0 Å². The van der Waals surface area contributed by atoms with Crippen LogP contribution >= 0.6 is 0 Å². The van der Waals surface area contributed by atoms with Gasteiger partial charge in [-0.25, -0.2) is 8.42 Å². The first-order valence-corrected chi connectivity index (χ1v) is 8.10. The third-order valence-electron chi connectivity index (χ3n) is 2.72. The Morgan fingerprint density at radius 3 is 2.50 bits per heavy atom. The third kappa shape index (κ3) is 4.50. The van der Waals surface area contributed by atoms with E-state index >= 15 is 0 Å². The van der Waals surface area contributed by atoms with Crippen LogP contribution in [-0.4, -0.2) is 31.7 Å². The van der Waals surface area contributed by atoms with Crippen LogP contribution in [-0.2, 0) is 14.6 Å². The number of carbonyl (C=O) groups excluding carboxylic acids is 1. The van der Waals surface area contributed by atoms with Crippen LogP contribution in [0.5, 0.6) is 5.75 Å². The topological polar surface area (TPSA) is 109 Å². The summed E-state index contributed by atoms with van der Waals surface area (Å²) in [6, 6.07) is 3.00. The summed E-state index contributed by atoms with van der Waals surface area (Å²) in [7, 11) is -3.41. The van der Waals surface area contributed by atoms with Crippen molar-refractivity contribution in [3.63, 3.8) is 0 Å². The van der Waals surface area contributed by atoms with Gasteiger partial charge in [-0.3, -0.25) is 4.79 Å². The lowest BCUT2D eigenvalue weighted by atomic mass is 10.0. The highest BCUT2D eigenvalue weighted by Gasteiger charge is 2.18. The zero-order valence-corrected chi connectivity index (χ0v) is 12.6. The zero-order valence-electron chi connectivity index (χ0n) is 11.8. The number of phenols is 1. The Kier molecular flexibility index (Phi) is 5.13. The Morgan fingerprint density at radius 1 is 1.40 bits per heavy atom. The lowest BCUT2D eigenvalue weighted by molar-refractivity contribution is -0.117. The minimum atomic E-state index is -3.41.